The Bertz CT molecular complexity index is 713. The van der Waals surface area contributed by atoms with E-state index in [0.29, 0.717) is 19.8 Å². The van der Waals surface area contributed by atoms with Crippen LogP contribution in [0.5, 0.6) is 5.75 Å². The molecule has 1 aromatic heterocycles. The minimum absolute atomic E-state index is 0.556. The number of halogens is 1. The van der Waals surface area contributed by atoms with Gasteiger partial charge in [0, 0.05) is 51.2 Å². The van der Waals surface area contributed by atoms with Crippen LogP contribution in [-0.4, -0.2) is 49.8 Å². The van der Waals surface area contributed by atoms with Crippen LogP contribution in [0.3, 0.4) is 0 Å². The quantitative estimate of drug-likeness (QED) is 0.403. The van der Waals surface area contributed by atoms with Crippen LogP contribution in [-0.2, 0) is 24.9 Å². The molecule has 6 nitrogen and oxygen atoms in total. The number of nitrogens with one attached hydrogen (secondary N) is 1. The maximum Gasteiger partial charge on any atom is 0.194 e. The summed E-state index contributed by atoms with van der Waals surface area (Å²) in [6, 6.07) is 10.2. The zero-order chi connectivity index (χ0) is 18.9. The van der Waals surface area contributed by atoms with E-state index >= 15 is 0 Å². The van der Waals surface area contributed by atoms with E-state index in [2.05, 4.69) is 60.1 Å². The van der Waals surface area contributed by atoms with Crippen LogP contribution in [0.15, 0.2) is 46.0 Å². The summed E-state index contributed by atoms with van der Waals surface area (Å²) in [4.78, 5) is 6.48. The summed E-state index contributed by atoms with van der Waals surface area (Å²) >= 11 is 3.51. The van der Waals surface area contributed by atoms with E-state index in [4.69, 9.17) is 9.47 Å². The lowest BCUT2D eigenvalue weighted by molar-refractivity contribution is 0.146. The Kier molecular flexibility index (Phi) is 8.00. The van der Waals surface area contributed by atoms with Crippen molar-refractivity contribution in [3.63, 3.8) is 0 Å². The smallest absolute Gasteiger partial charge is 0.194 e. The first-order valence-electron chi connectivity index (χ1n) is 8.46. The highest BCUT2D eigenvalue weighted by atomic mass is 79.9. The summed E-state index contributed by atoms with van der Waals surface area (Å²) < 4.78 is 13.8. The largest absolute Gasteiger partial charge is 0.491 e. The second-order valence-corrected chi connectivity index (χ2v) is 6.92. The van der Waals surface area contributed by atoms with Gasteiger partial charge >= 0.3 is 0 Å². The van der Waals surface area contributed by atoms with Gasteiger partial charge in [0.15, 0.2) is 5.96 Å². The number of ether oxygens (including phenoxy) is 2. The molecule has 1 heterocycles. The fourth-order valence-electron chi connectivity index (χ4n) is 2.55. The molecule has 0 radical (unpaired) electrons. The van der Waals surface area contributed by atoms with Gasteiger partial charge in [-0.05, 0) is 39.7 Å². The fraction of sp³-hybridized carbons (Fsp3) is 0.421. The number of methoxy groups -OCH3 is 1. The van der Waals surface area contributed by atoms with Gasteiger partial charge in [-0.2, -0.15) is 0 Å². The molecule has 0 aliphatic heterocycles. The van der Waals surface area contributed by atoms with Crippen LogP contribution in [0.4, 0.5) is 0 Å². The molecule has 7 heteroatoms. The molecule has 26 heavy (non-hydrogen) atoms. The molecule has 0 fully saturated rings. The number of rotatable bonds is 8. The Morgan fingerprint density at radius 1 is 1.27 bits per heavy atom. The molecule has 0 saturated heterocycles. The summed E-state index contributed by atoms with van der Waals surface area (Å²) in [6.45, 7) is 2.62. The molecule has 1 N–H and O–H groups in total. The molecule has 0 atom stereocenters. The molecule has 0 saturated carbocycles. The number of hydrogen-bond acceptors (Lipinski definition) is 3. The standard InChI is InChI=1S/C19H27BrN4O2/c1-21-19(24(3)14-17-11-16(20)13-23(17)2)22-12-15-5-7-18(8-6-15)26-10-9-25-4/h5-8,11,13H,9-10,12,14H2,1-4H3,(H,21,22). The first kappa shape index (κ1) is 20.3. The Labute approximate surface area is 163 Å². The second-order valence-electron chi connectivity index (χ2n) is 6.00. The van der Waals surface area contributed by atoms with Crippen LogP contribution in [0.2, 0.25) is 0 Å². The SMILES string of the molecule is CN=C(NCc1ccc(OCCOC)cc1)N(C)Cc1cc(Br)cn1C. The van der Waals surface area contributed by atoms with Gasteiger partial charge in [-0.3, -0.25) is 4.99 Å². The zero-order valence-electron chi connectivity index (χ0n) is 15.8. The van der Waals surface area contributed by atoms with Crippen molar-refractivity contribution in [2.45, 2.75) is 13.1 Å². The molecule has 1 aromatic carbocycles. The zero-order valence-corrected chi connectivity index (χ0v) is 17.4. The number of nitrogens with zero attached hydrogens (tertiary/aromatic N) is 3. The van der Waals surface area contributed by atoms with E-state index in [9.17, 15) is 0 Å². The van der Waals surface area contributed by atoms with Gasteiger partial charge in [-0.15, -0.1) is 0 Å². The highest BCUT2D eigenvalue weighted by Gasteiger charge is 2.09. The molecule has 0 unspecified atom stereocenters. The molecule has 0 amide bonds. The van der Waals surface area contributed by atoms with Crippen molar-refractivity contribution < 1.29 is 9.47 Å². The lowest BCUT2D eigenvalue weighted by Crippen LogP contribution is -2.38. The van der Waals surface area contributed by atoms with Crippen molar-refractivity contribution in [1.29, 1.82) is 0 Å². The number of aryl methyl sites for hydroxylation is 1. The van der Waals surface area contributed by atoms with Crippen molar-refractivity contribution in [3.05, 3.63) is 52.3 Å². The lowest BCUT2D eigenvalue weighted by atomic mass is 10.2. The van der Waals surface area contributed by atoms with E-state index in [0.717, 1.165) is 22.7 Å². The summed E-state index contributed by atoms with van der Waals surface area (Å²) in [5.74, 6) is 1.70. The van der Waals surface area contributed by atoms with E-state index in [1.807, 2.05) is 26.2 Å². The van der Waals surface area contributed by atoms with Gasteiger partial charge in [0.05, 0.1) is 13.2 Å². The average molecular weight is 423 g/mol. The maximum atomic E-state index is 5.58. The van der Waals surface area contributed by atoms with Gasteiger partial charge < -0.3 is 24.3 Å². The highest BCUT2D eigenvalue weighted by Crippen LogP contribution is 2.15. The highest BCUT2D eigenvalue weighted by molar-refractivity contribution is 9.10. The number of aliphatic imine (C=N–C) groups is 1. The molecule has 0 bridgehead atoms. The molecular weight excluding hydrogens is 396 g/mol. The third-order valence-corrected chi connectivity index (χ3v) is 4.41. The summed E-state index contributed by atoms with van der Waals surface area (Å²) in [6.07, 6.45) is 2.05. The van der Waals surface area contributed by atoms with Crippen LogP contribution >= 0.6 is 15.9 Å². The monoisotopic (exact) mass is 422 g/mol. The van der Waals surface area contributed by atoms with E-state index in [1.165, 1.54) is 11.3 Å². The molecule has 0 spiro atoms. The van der Waals surface area contributed by atoms with Crippen molar-refractivity contribution in [2.75, 3.05) is 34.4 Å². The fourth-order valence-corrected chi connectivity index (χ4v) is 3.12. The number of guanidine groups is 1. The van der Waals surface area contributed by atoms with Crippen molar-refractivity contribution in [3.8, 4) is 5.75 Å². The Morgan fingerprint density at radius 2 is 2.00 bits per heavy atom. The Hall–Kier alpha value is -1.99. The summed E-state index contributed by atoms with van der Waals surface area (Å²) in [5, 5.41) is 3.40. The molecule has 0 aliphatic carbocycles. The molecule has 142 valence electrons. The summed E-state index contributed by atoms with van der Waals surface area (Å²) in [5.41, 5.74) is 2.38. The van der Waals surface area contributed by atoms with E-state index in [-0.39, 0.29) is 0 Å². The van der Waals surface area contributed by atoms with Crippen LogP contribution < -0.4 is 10.1 Å². The number of aromatic nitrogens is 1. The van der Waals surface area contributed by atoms with Crippen LogP contribution in [0.1, 0.15) is 11.3 Å². The van der Waals surface area contributed by atoms with Gasteiger partial charge in [0.25, 0.3) is 0 Å². The number of hydrogen-bond donors (Lipinski definition) is 1. The van der Waals surface area contributed by atoms with E-state index in [1.54, 1.807) is 14.2 Å². The van der Waals surface area contributed by atoms with Gasteiger partial charge in [-0.1, -0.05) is 12.1 Å². The molecule has 2 aromatic rings. The van der Waals surface area contributed by atoms with Crippen LogP contribution in [0.25, 0.3) is 0 Å². The summed E-state index contributed by atoms with van der Waals surface area (Å²) in [7, 11) is 7.54. The molecule has 0 aliphatic rings. The second kappa shape index (κ2) is 10.2. The Morgan fingerprint density at radius 3 is 2.58 bits per heavy atom. The maximum absolute atomic E-state index is 5.58. The number of benzene rings is 1. The van der Waals surface area contributed by atoms with Crippen LogP contribution in [0, 0.1) is 0 Å². The topological polar surface area (TPSA) is 51.0 Å². The minimum Gasteiger partial charge on any atom is -0.491 e. The predicted octanol–water partition coefficient (Wildman–Crippen LogP) is 3.02. The lowest BCUT2D eigenvalue weighted by Gasteiger charge is -2.22. The van der Waals surface area contributed by atoms with Crippen molar-refractivity contribution in [1.82, 2.24) is 14.8 Å². The van der Waals surface area contributed by atoms with Gasteiger partial charge in [0.1, 0.15) is 12.4 Å². The third-order valence-electron chi connectivity index (χ3n) is 3.98. The average Bonchev–Trinajstić information content (AvgIpc) is 2.94. The molecule has 2 rings (SSSR count). The normalized spacial score (nSPS) is 11.5. The Balaban J connectivity index is 1.86. The predicted molar refractivity (Wildman–Crippen MR) is 109 cm³/mol. The van der Waals surface area contributed by atoms with Crippen molar-refractivity contribution in [2.24, 2.45) is 12.0 Å². The first-order chi connectivity index (χ1) is 12.5. The minimum atomic E-state index is 0.556. The third kappa shape index (κ3) is 6.07. The van der Waals surface area contributed by atoms with Crippen molar-refractivity contribution >= 4 is 21.9 Å². The van der Waals surface area contributed by atoms with Gasteiger partial charge in [-0.25, -0.2) is 0 Å². The van der Waals surface area contributed by atoms with Gasteiger partial charge in [0.2, 0.25) is 0 Å². The first-order valence-corrected chi connectivity index (χ1v) is 9.26. The van der Waals surface area contributed by atoms with E-state index < -0.39 is 0 Å². The molecular formula is C19H27BrN4O2.